The Kier molecular flexibility index (Phi) is 4.00. The van der Waals surface area contributed by atoms with E-state index < -0.39 is 0 Å². The Bertz CT molecular complexity index is 242. The summed E-state index contributed by atoms with van der Waals surface area (Å²) in [6.07, 6.45) is 6.64. The molecule has 0 aliphatic carbocycles. The molecule has 0 saturated heterocycles. The van der Waals surface area contributed by atoms with Crippen LogP contribution < -0.4 is 0 Å². The fraction of sp³-hybridized carbons (Fsp3) is 0.727. The predicted molar refractivity (Wildman–Crippen MR) is 53.6 cm³/mol. The Hall–Kier alpha value is -0.790. The number of aryl methyl sites for hydroxylation is 2. The van der Waals surface area contributed by atoms with Gasteiger partial charge in [0.1, 0.15) is 6.26 Å². The lowest BCUT2D eigenvalue weighted by atomic mass is 10.00. The van der Waals surface area contributed by atoms with Crippen LogP contribution in [0.1, 0.15) is 44.7 Å². The molecule has 1 heterocycles. The van der Waals surface area contributed by atoms with E-state index >= 15 is 0 Å². The van der Waals surface area contributed by atoms with E-state index in [1.54, 1.807) is 6.26 Å². The molecule has 2 nitrogen and oxygen atoms in total. The maximum Gasteiger partial charge on any atom is 0.191 e. The monoisotopic (exact) mass is 181 g/mol. The normalized spacial score (nSPS) is 13.2. The summed E-state index contributed by atoms with van der Waals surface area (Å²) in [7, 11) is 0. The van der Waals surface area contributed by atoms with Crippen molar-refractivity contribution in [2.75, 3.05) is 0 Å². The van der Waals surface area contributed by atoms with Gasteiger partial charge in [-0.1, -0.05) is 26.7 Å². The Morgan fingerprint density at radius 2 is 2.23 bits per heavy atom. The summed E-state index contributed by atoms with van der Waals surface area (Å²) >= 11 is 0. The second-order valence-electron chi connectivity index (χ2n) is 3.79. The fourth-order valence-corrected chi connectivity index (χ4v) is 1.55. The Balaban J connectivity index is 2.26. The fourth-order valence-electron chi connectivity index (χ4n) is 1.55. The molecule has 0 fully saturated rings. The summed E-state index contributed by atoms with van der Waals surface area (Å²) in [5.74, 6) is 1.58. The highest BCUT2D eigenvalue weighted by molar-refractivity contribution is 4.95. The summed E-state index contributed by atoms with van der Waals surface area (Å²) in [5, 5.41) is 0. The van der Waals surface area contributed by atoms with Crippen LogP contribution >= 0.6 is 0 Å². The zero-order valence-electron chi connectivity index (χ0n) is 8.84. The van der Waals surface area contributed by atoms with Crippen LogP contribution in [0, 0.1) is 12.8 Å². The second-order valence-corrected chi connectivity index (χ2v) is 3.79. The first-order chi connectivity index (χ1) is 6.22. The lowest BCUT2D eigenvalue weighted by Crippen LogP contribution is -1.97. The van der Waals surface area contributed by atoms with Crippen molar-refractivity contribution >= 4 is 0 Å². The highest BCUT2D eigenvalue weighted by Gasteiger charge is 2.04. The molecule has 1 rings (SSSR count). The van der Waals surface area contributed by atoms with E-state index in [2.05, 4.69) is 18.8 Å². The van der Waals surface area contributed by atoms with Crippen LogP contribution in [-0.4, -0.2) is 4.98 Å². The lowest BCUT2D eigenvalue weighted by molar-refractivity contribution is 0.482. The molecule has 0 amide bonds. The Morgan fingerprint density at radius 1 is 1.46 bits per heavy atom. The molecule has 0 aliphatic heterocycles. The molecule has 0 bridgehead atoms. The SMILES string of the molecule is CCCC(C)CCc1coc(C)n1. The predicted octanol–water partition coefficient (Wildman–Crippen LogP) is 3.35. The molecule has 1 aromatic heterocycles. The standard InChI is InChI=1S/C11H19NO/c1-4-5-9(2)6-7-11-8-13-10(3)12-11/h8-9H,4-7H2,1-3H3. The largest absolute Gasteiger partial charge is 0.449 e. The van der Waals surface area contributed by atoms with Gasteiger partial charge in [-0.15, -0.1) is 0 Å². The number of nitrogens with zero attached hydrogens (tertiary/aromatic N) is 1. The molecule has 0 aromatic carbocycles. The van der Waals surface area contributed by atoms with Gasteiger partial charge in [0.05, 0.1) is 5.69 Å². The van der Waals surface area contributed by atoms with E-state index in [4.69, 9.17) is 4.42 Å². The van der Waals surface area contributed by atoms with Crippen LogP contribution in [0.3, 0.4) is 0 Å². The second kappa shape index (κ2) is 5.05. The van der Waals surface area contributed by atoms with Crippen molar-refractivity contribution < 1.29 is 4.42 Å². The molecule has 0 radical (unpaired) electrons. The van der Waals surface area contributed by atoms with Gasteiger partial charge < -0.3 is 4.42 Å². The van der Waals surface area contributed by atoms with E-state index in [0.717, 1.165) is 23.9 Å². The van der Waals surface area contributed by atoms with Gasteiger partial charge in [-0.05, 0) is 18.8 Å². The van der Waals surface area contributed by atoms with E-state index in [1.165, 1.54) is 19.3 Å². The van der Waals surface area contributed by atoms with Gasteiger partial charge in [0.15, 0.2) is 5.89 Å². The number of aromatic nitrogens is 1. The van der Waals surface area contributed by atoms with Gasteiger partial charge in [0.25, 0.3) is 0 Å². The third-order valence-electron chi connectivity index (χ3n) is 2.34. The van der Waals surface area contributed by atoms with Gasteiger partial charge in [-0.2, -0.15) is 0 Å². The first-order valence-corrected chi connectivity index (χ1v) is 5.13. The van der Waals surface area contributed by atoms with Crippen LogP contribution in [0.15, 0.2) is 10.7 Å². The van der Waals surface area contributed by atoms with Crippen molar-refractivity contribution in [2.45, 2.75) is 46.5 Å². The van der Waals surface area contributed by atoms with Crippen molar-refractivity contribution in [2.24, 2.45) is 5.92 Å². The maximum absolute atomic E-state index is 5.15. The molecule has 0 saturated carbocycles. The molecule has 0 spiro atoms. The number of rotatable bonds is 5. The highest BCUT2D eigenvalue weighted by atomic mass is 16.3. The molecule has 1 unspecified atom stereocenters. The maximum atomic E-state index is 5.15. The lowest BCUT2D eigenvalue weighted by Gasteiger charge is -2.07. The van der Waals surface area contributed by atoms with Gasteiger partial charge in [0.2, 0.25) is 0 Å². The minimum absolute atomic E-state index is 0.776. The van der Waals surface area contributed by atoms with Crippen LogP contribution in [0.5, 0.6) is 0 Å². The van der Waals surface area contributed by atoms with Crippen molar-refractivity contribution in [1.29, 1.82) is 0 Å². The van der Waals surface area contributed by atoms with Crippen molar-refractivity contribution in [3.05, 3.63) is 17.8 Å². The Labute approximate surface area is 80.4 Å². The first-order valence-electron chi connectivity index (χ1n) is 5.13. The van der Waals surface area contributed by atoms with Crippen LogP contribution in [-0.2, 0) is 6.42 Å². The molecule has 13 heavy (non-hydrogen) atoms. The van der Waals surface area contributed by atoms with Crippen molar-refractivity contribution in [3.8, 4) is 0 Å². The molecular formula is C11H19NO. The van der Waals surface area contributed by atoms with Gasteiger partial charge in [-0.25, -0.2) is 4.98 Å². The molecule has 74 valence electrons. The smallest absolute Gasteiger partial charge is 0.191 e. The van der Waals surface area contributed by atoms with Crippen molar-refractivity contribution in [3.63, 3.8) is 0 Å². The van der Waals surface area contributed by atoms with E-state index in [9.17, 15) is 0 Å². The highest BCUT2D eigenvalue weighted by Crippen LogP contribution is 2.13. The molecule has 1 aromatic rings. The number of hydrogen-bond donors (Lipinski definition) is 0. The average molecular weight is 181 g/mol. The topological polar surface area (TPSA) is 26.0 Å². The number of oxazole rings is 1. The van der Waals surface area contributed by atoms with Crippen LogP contribution in [0.4, 0.5) is 0 Å². The molecular weight excluding hydrogens is 162 g/mol. The Morgan fingerprint density at radius 3 is 2.77 bits per heavy atom. The zero-order chi connectivity index (χ0) is 9.68. The summed E-state index contributed by atoms with van der Waals surface area (Å²) in [4.78, 5) is 4.28. The minimum atomic E-state index is 0.776. The first kappa shape index (κ1) is 10.3. The van der Waals surface area contributed by atoms with Crippen LogP contribution in [0.25, 0.3) is 0 Å². The summed E-state index contributed by atoms with van der Waals surface area (Å²) in [6, 6.07) is 0. The van der Waals surface area contributed by atoms with Gasteiger partial charge >= 0.3 is 0 Å². The van der Waals surface area contributed by atoms with Crippen molar-refractivity contribution in [1.82, 2.24) is 4.98 Å². The molecule has 0 aliphatic rings. The molecule has 0 N–H and O–H groups in total. The third kappa shape index (κ3) is 3.62. The zero-order valence-corrected chi connectivity index (χ0v) is 8.84. The summed E-state index contributed by atoms with van der Waals surface area (Å²) in [5.41, 5.74) is 1.10. The summed E-state index contributed by atoms with van der Waals surface area (Å²) in [6.45, 7) is 6.42. The van der Waals surface area contributed by atoms with Gasteiger partial charge in [0, 0.05) is 6.92 Å². The van der Waals surface area contributed by atoms with Crippen LogP contribution in [0.2, 0.25) is 0 Å². The van der Waals surface area contributed by atoms with E-state index in [-0.39, 0.29) is 0 Å². The molecule has 2 heteroatoms. The molecule has 1 atom stereocenters. The summed E-state index contributed by atoms with van der Waals surface area (Å²) < 4.78 is 5.15. The number of hydrogen-bond acceptors (Lipinski definition) is 2. The van der Waals surface area contributed by atoms with E-state index in [1.807, 2.05) is 6.92 Å². The minimum Gasteiger partial charge on any atom is -0.449 e. The quantitative estimate of drug-likeness (QED) is 0.696. The average Bonchev–Trinajstić information content (AvgIpc) is 2.49. The third-order valence-corrected chi connectivity index (χ3v) is 2.34. The van der Waals surface area contributed by atoms with Gasteiger partial charge in [-0.3, -0.25) is 0 Å². The van der Waals surface area contributed by atoms with E-state index in [0.29, 0.717) is 0 Å².